The second-order valence-electron chi connectivity index (χ2n) is 19.2. The highest BCUT2D eigenvalue weighted by atomic mass is 33.1. The van der Waals surface area contributed by atoms with Crippen molar-refractivity contribution in [2.24, 2.45) is 27.9 Å². The summed E-state index contributed by atoms with van der Waals surface area (Å²) < 4.78 is -1.45. The lowest BCUT2D eigenvalue weighted by Crippen LogP contribution is -2.65. The van der Waals surface area contributed by atoms with Crippen molar-refractivity contribution < 1.29 is 53.7 Å². The van der Waals surface area contributed by atoms with Crippen LogP contribution in [0, 0.1) is 0 Å². The number of amides is 8. The van der Waals surface area contributed by atoms with E-state index in [1.54, 1.807) is 54.7 Å². The minimum absolute atomic E-state index is 0.00282. The number of aromatic amines is 1. The fourth-order valence-corrected chi connectivity index (χ4v) is 11.0. The summed E-state index contributed by atoms with van der Waals surface area (Å²) in [7, 11) is 1.92. The van der Waals surface area contributed by atoms with E-state index in [9.17, 15) is 53.7 Å². The number of nitrogens with zero attached hydrogens (tertiary/aromatic N) is 1. The van der Waals surface area contributed by atoms with E-state index in [4.69, 9.17) is 22.9 Å². The molecule has 3 aromatic carbocycles. The number of primary amides is 1. The number of phenols is 1. The number of guanidine groups is 1. The van der Waals surface area contributed by atoms with Crippen molar-refractivity contribution in [3.63, 3.8) is 0 Å². The fraction of sp³-hybridized carbons (Fsp3) is 0.431. The maximum Gasteiger partial charge on any atom is 0.245 e. The fourth-order valence-electron chi connectivity index (χ4n) is 8.23. The van der Waals surface area contributed by atoms with Crippen LogP contribution in [0.4, 0.5) is 0 Å². The van der Waals surface area contributed by atoms with Gasteiger partial charge in [-0.2, -0.15) is 0 Å². The van der Waals surface area contributed by atoms with Gasteiger partial charge in [-0.1, -0.05) is 82.3 Å². The molecule has 2 heterocycles. The molecule has 19 N–H and O–H groups in total. The number of para-hydroxylation sites is 1. The molecule has 77 heavy (non-hydrogen) atoms. The van der Waals surface area contributed by atoms with Gasteiger partial charge in [0.15, 0.2) is 5.96 Å². The first-order chi connectivity index (χ1) is 36.4. The predicted molar refractivity (Wildman–Crippen MR) is 292 cm³/mol. The molecule has 8 amide bonds. The van der Waals surface area contributed by atoms with Crippen LogP contribution in [0.15, 0.2) is 90.1 Å². The number of hydrogen-bond donors (Lipinski definition) is 15. The zero-order chi connectivity index (χ0) is 56.6. The Hall–Kier alpha value is -7.39. The average Bonchev–Trinajstić information content (AvgIpc) is 3.79. The molecule has 0 radical (unpaired) electrons. The van der Waals surface area contributed by atoms with Crippen molar-refractivity contribution >= 4 is 85.7 Å². The lowest BCUT2D eigenvalue weighted by molar-refractivity contribution is -0.137. The molecular formula is C51H69N13O11S2. The van der Waals surface area contributed by atoms with Gasteiger partial charge in [0.05, 0.1) is 18.2 Å². The monoisotopic (exact) mass is 1100 g/mol. The molecule has 0 spiro atoms. The molecule has 4 aromatic rings. The zero-order valence-electron chi connectivity index (χ0n) is 43.0. The van der Waals surface area contributed by atoms with Gasteiger partial charge in [-0.05, 0) is 81.8 Å². The van der Waals surface area contributed by atoms with Gasteiger partial charge >= 0.3 is 0 Å². The summed E-state index contributed by atoms with van der Waals surface area (Å²) in [5.41, 5.74) is 25.5. The van der Waals surface area contributed by atoms with Crippen LogP contribution < -0.4 is 60.2 Å². The third kappa shape index (κ3) is 17.8. The molecule has 5 rings (SSSR count). The number of rotatable bonds is 17. The number of H-pyrrole nitrogens is 1. The number of aromatic nitrogens is 1. The first kappa shape index (κ1) is 60.5. The minimum atomic E-state index is -1.80. The zero-order valence-corrected chi connectivity index (χ0v) is 44.6. The SMILES string of the molecule is C[C@@H](O)[C@H](NC(=O)[C@@H]1NC(=O)[C@H]([C@@H](C)O)NC(=O)[C@H](CCCN=C(N)N)NC(=O)[C@@H](Cc2c[nH]c3ccccc23)NC(=O)[C@H](Cc2ccc(O)cc2)NC(=O)[C@@H](NC(=O)[C@H](N)Cc2ccccc2)CSSC1(C)C)C(N)=O. The third-order valence-electron chi connectivity index (χ3n) is 12.5. The van der Waals surface area contributed by atoms with Crippen molar-refractivity contribution in [2.45, 2.75) is 125 Å². The quantitative estimate of drug-likeness (QED) is 0.0238. The molecule has 10 atom stereocenters. The van der Waals surface area contributed by atoms with E-state index in [1.165, 1.54) is 52.0 Å². The normalized spacial score (nSPS) is 22.5. The highest BCUT2D eigenvalue weighted by molar-refractivity contribution is 8.77. The maximum atomic E-state index is 14.9. The lowest BCUT2D eigenvalue weighted by Gasteiger charge is -2.36. The van der Waals surface area contributed by atoms with Gasteiger partial charge < -0.3 is 80.5 Å². The Kier molecular flexibility index (Phi) is 22.1. The number of aliphatic hydroxyl groups excluding tert-OH is 2. The number of fused-ring (bicyclic) bond motifs is 1. The molecule has 0 unspecified atom stereocenters. The molecular weight excluding hydrogens is 1030 g/mol. The number of nitrogens with one attached hydrogen (secondary N) is 8. The molecule has 0 saturated carbocycles. The van der Waals surface area contributed by atoms with Gasteiger partial charge in [0.1, 0.15) is 48.0 Å². The molecule has 416 valence electrons. The van der Waals surface area contributed by atoms with Crippen molar-refractivity contribution in [1.82, 2.24) is 42.2 Å². The second-order valence-corrected chi connectivity index (χ2v) is 22.2. The Balaban J connectivity index is 1.64. The highest BCUT2D eigenvalue weighted by Crippen LogP contribution is 2.39. The number of aromatic hydroxyl groups is 1. The summed E-state index contributed by atoms with van der Waals surface area (Å²) in [5, 5.41) is 50.6. The number of phenolic OH excluding ortho intramolecular Hbond substituents is 1. The van der Waals surface area contributed by atoms with Gasteiger partial charge in [-0.25, -0.2) is 0 Å². The lowest BCUT2D eigenvalue weighted by atomic mass is 9.99. The molecule has 1 aromatic heterocycles. The van der Waals surface area contributed by atoms with E-state index in [0.29, 0.717) is 22.0 Å². The van der Waals surface area contributed by atoms with E-state index in [1.807, 2.05) is 6.07 Å². The van der Waals surface area contributed by atoms with Crippen molar-refractivity contribution in [3.8, 4) is 5.75 Å². The standard InChI is InChI=1S/C51H69N13O11S2/c1-26(65)39(42(53)68)62-49(75)41-51(3,4)77-76-25-38(61-43(69)33(52)21-28-11-6-5-7-12-28)47(73)59-36(22-29-16-18-31(67)19-17-29)45(71)60-37(23-30-24-57-34-14-9-8-13-32(30)34)46(72)58-35(15-10-20-56-50(54)55)44(70)63-40(27(2)66)48(74)64-41/h5-9,11-14,16-19,24,26-27,33,35-41,57,65-67H,10,15,20-23,25,52H2,1-4H3,(H2,53,68)(H,58,72)(H,59,73)(H,60,71)(H,61,69)(H,62,75)(H,63,70)(H,64,74)(H4,54,55,56)/t26-,27-,33-,35+,36+,37-,38+,39+,40+,41+/m1/s1. The Morgan fingerprint density at radius 2 is 1.38 bits per heavy atom. The molecule has 1 aliphatic rings. The number of benzene rings is 3. The van der Waals surface area contributed by atoms with Gasteiger partial charge in [0, 0.05) is 47.0 Å². The Morgan fingerprint density at radius 1 is 0.766 bits per heavy atom. The van der Waals surface area contributed by atoms with Gasteiger partial charge in [-0.3, -0.25) is 43.3 Å². The smallest absolute Gasteiger partial charge is 0.245 e. The van der Waals surface area contributed by atoms with Crippen molar-refractivity contribution in [1.29, 1.82) is 0 Å². The summed E-state index contributed by atoms with van der Waals surface area (Å²) >= 11 is 0. The molecule has 0 bridgehead atoms. The van der Waals surface area contributed by atoms with Crippen LogP contribution in [0.5, 0.6) is 5.75 Å². The third-order valence-corrected chi connectivity index (χ3v) is 15.8. The topological polar surface area (TPSA) is 414 Å². The number of carbonyl (C=O) groups excluding carboxylic acids is 8. The van der Waals surface area contributed by atoms with Crippen LogP contribution >= 0.6 is 21.6 Å². The first-order valence-electron chi connectivity index (χ1n) is 24.7. The summed E-state index contributed by atoms with van der Waals surface area (Å²) in [5.74, 6) is -8.15. The number of aliphatic hydroxyl groups is 2. The van der Waals surface area contributed by atoms with Crippen LogP contribution in [0.1, 0.15) is 57.2 Å². The molecule has 26 heteroatoms. The Labute approximate surface area is 452 Å². The second kappa shape index (κ2) is 28.1. The number of nitrogens with two attached hydrogens (primary N) is 4. The van der Waals surface area contributed by atoms with Gasteiger partial charge in [0.25, 0.3) is 0 Å². The van der Waals surface area contributed by atoms with Crippen LogP contribution in [0.3, 0.4) is 0 Å². The molecule has 0 aliphatic carbocycles. The number of carbonyl (C=O) groups is 8. The average molecular weight is 1100 g/mol. The van der Waals surface area contributed by atoms with Gasteiger partial charge in [0.2, 0.25) is 47.3 Å². The molecule has 1 saturated heterocycles. The molecule has 24 nitrogen and oxygen atoms in total. The molecule has 1 aliphatic heterocycles. The summed E-state index contributed by atoms with van der Waals surface area (Å²) in [4.78, 5) is 121. The molecule has 1 fully saturated rings. The van der Waals surface area contributed by atoms with Crippen molar-refractivity contribution in [3.05, 3.63) is 102 Å². The summed E-state index contributed by atoms with van der Waals surface area (Å²) in [6.07, 6.45) is -1.83. The van der Waals surface area contributed by atoms with E-state index < -0.39 is 113 Å². The van der Waals surface area contributed by atoms with E-state index in [-0.39, 0.29) is 56.1 Å². The van der Waals surface area contributed by atoms with E-state index in [2.05, 4.69) is 47.2 Å². The van der Waals surface area contributed by atoms with Crippen LogP contribution in [0.2, 0.25) is 0 Å². The van der Waals surface area contributed by atoms with E-state index in [0.717, 1.165) is 27.2 Å². The summed E-state index contributed by atoms with van der Waals surface area (Å²) in [6, 6.07) is 9.79. The van der Waals surface area contributed by atoms with Crippen LogP contribution in [-0.2, 0) is 57.6 Å². The summed E-state index contributed by atoms with van der Waals surface area (Å²) in [6.45, 7) is 5.45. The number of aliphatic imine (C=N–C) groups is 1. The van der Waals surface area contributed by atoms with Crippen molar-refractivity contribution in [2.75, 3.05) is 12.3 Å². The van der Waals surface area contributed by atoms with Gasteiger partial charge in [-0.15, -0.1) is 0 Å². The highest BCUT2D eigenvalue weighted by Gasteiger charge is 2.43. The predicted octanol–water partition coefficient (Wildman–Crippen LogP) is -1.90. The Morgan fingerprint density at radius 3 is 2.01 bits per heavy atom. The maximum absolute atomic E-state index is 14.9. The largest absolute Gasteiger partial charge is 0.508 e. The minimum Gasteiger partial charge on any atom is -0.508 e. The number of hydrogen-bond acceptors (Lipinski definition) is 15. The van der Waals surface area contributed by atoms with Crippen LogP contribution in [0.25, 0.3) is 10.9 Å². The van der Waals surface area contributed by atoms with Crippen LogP contribution in [-0.4, -0.2) is 151 Å². The first-order valence-corrected chi connectivity index (χ1v) is 27.0. The Bertz CT molecular complexity index is 2740. The van der Waals surface area contributed by atoms with E-state index >= 15 is 0 Å².